The zero-order chi connectivity index (χ0) is 29.1. The van der Waals surface area contributed by atoms with Crippen molar-refractivity contribution in [3.05, 3.63) is 36.0 Å². The Morgan fingerprint density at radius 2 is 1.69 bits per heavy atom. The second-order valence-electron chi connectivity index (χ2n) is 9.49. The summed E-state index contributed by atoms with van der Waals surface area (Å²) in [5.41, 5.74) is 18.0. The number of aliphatic carboxylic acids is 1. The van der Waals surface area contributed by atoms with Crippen LogP contribution in [0.2, 0.25) is 0 Å². The van der Waals surface area contributed by atoms with E-state index in [1.165, 1.54) is 0 Å². The molecule has 0 radical (unpaired) electrons. The molecule has 4 atom stereocenters. The van der Waals surface area contributed by atoms with E-state index in [4.69, 9.17) is 17.2 Å². The number of benzene rings is 1. The maximum absolute atomic E-state index is 13.4. The van der Waals surface area contributed by atoms with Gasteiger partial charge in [0, 0.05) is 35.8 Å². The molecule has 0 aliphatic rings. The lowest BCUT2D eigenvalue weighted by atomic mass is 10.00. The number of rotatable bonds is 15. The average Bonchev–Trinajstić information content (AvgIpc) is 3.29. The summed E-state index contributed by atoms with van der Waals surface area (Å²) in [6.07, 6.45) is 2.27. The van der Waals surface area contributed by atoms with E-state index in [-0.39, 0.29) is 31.1 Å². The predicted molar refractivity (Wildman–Crippen MR) is 152 cm³/mol. The molecule has 0 saturated heterocycles. The highest BCUT2D eigenvalue weighted by atomic mass is 32.1. The van der Waals surface area contributed by atoms with Gasteiger partial charge in [0.15, 0.2) is 5.96 Å². The van der Waals surface area contributed by atoms with Crippen LogP contribution in [0.25, 0.3) is 10.9 Å². The lowest BCUT2D eigenvalue weighted by Gasteiger charge is -2.27. The van der Waals surface area contributed by atoms with Crippen molar-refractivity contribution in [2.75, 3.05) is 12.3 Å². The number of carbonyl (C=O) groups excluding carboxylic acids is 3. The van der Waals surface area contributed by atoms with Crippen LogP contribution in [-0.4, -0.2) is 76.2 Å². The van der Waals surface area contributed by atoms with Crippen LogP contribution in [0.4, 0.5) is 0 Å². The number of amides is 3. The molecule has 2 aromatic rings. The first-order valence-corrected chi connectivity index (χ1v) is 13.2. The van der Waals surface area contributed by atoms with Gasteiger partial charge in [-0.1, -0.05) is 32.0 Å². The van der Waals surface area contributed by atoms with Crippen molar-refractivity contribution in [1.29, 1.82) is 0 Å². The van der Waals surface area contributed by atoms with E-state index >= 15 is 0 Å². The van der Waals surface area contributed by atoms with Crippen molar-refractivity contribution >= 4 is 53.2 Å². The van der Waals surface area contributed by atoms with Crippen LogP contribution in [0, 0.1) is 5.92 Å². The van der Waals surface area contributed by atoms with E-state index in [9.17, 15) is 24.3 Å². The summed E-state index contributed by atoms with van der Waals surface area (Å²) in [5.74, 6) is -3.52. The van der Waals surface area contributed by atoms with Gasteiger partial charge in [0.2, 0.25) is 17.7 Å². The fraction of sp³-hybridized carbons (Fsp3) is 0.480. The first-order valence-electron chi connectivity index (χ1n) is 12.5. The topological polar surface area (TPSA) is 231 Å². The number of H-pyrrole nitrogens is 1. The van der Waals surface area contributed by atoms with Crippen LogP contribution in [0.1, 0.15) is 32.3 Å². The van der Waals surface area contributed by atoms with Gasteiger partial charge in [-0.15, -0.1) is 0 Å². The van der Waals surface area contributed by atoms with Crippen molar-refractivity contribution in [3.63, 3.8) is 0 Å². The molecule has 1 aromatic carbocycles. The third-order valence-corrected chi connectivity index (χ3v) is 6.47. The van der Waals surface area contributed by atoms with Crippen LogP contribution >= 0.6 is 12.6 Å². The Morgan fingerprint density at radius 3 is 2.31 bits per heavy atom. The largest absolute Gasteiger partial charge is 0.480 e. The highest BCUT2D eigenvalue weighted by molar-refractivity contribution is 7.80. The molecule has 0 saturated carbocycles. The Balaban J connectivity index is 2.20. The van der Waals surface area contributed by atoms with Crippen LogP contribution in [-0.2, 0) is 25.6 Å². The second-order valence-corrected chi connectivity index (χ2v) is 9.86. The van der Waals surface area contributed by atoms with Crippen LogP contribution in [0.5, 0.6) is 0 Å². The maximum atomic E-state index is 13.4. The van der Waals surface area contributed by atoms with Crippen LogP contribution in [0.15, 0.2) is 35.5 Å². The number of guanidine groups is 1. The highest BCUT2D eigenvalue weighted by Crippen LogP contribution is 2.19. The summed E-state index contributed by atoms with van der Waals surface area (Å²) in [6, 6.07) is 3.23. The molecule has 4 unspecified atom stereocenters. The molecule has 0 spiro atoms. The molecule has 1 heterocycles. The van der Waals surface area contributed by atoms with Gasteiger partial charge in [0.25, 0.3) is 0 Å². The van der Waals surface area contributed by atoms with E-state index in [0.717, 1.165) is 16.5 Å². The summed E-state index contributed by atoms with van der Waals surface area (Å²) >= 11 is 4.05. The molecule has 214 valence electrons. The first-order chi connectivity index (χ1) is 18.4. The van der Waals surface area contributed by atoms with Gasteiger partial charge in [-0.25, -0.2) is 4.79 Å². The van der Waals surface area contributed by atoms with Crippen molar-refractivity contribution in [2.24, 2.45) is 28.1 Å². The smallest absolute Gasteiger partial charge is 0.326 e. The molecule has 11 N–H and O–H groups in total. The standard InChI is InChI=1S/C25H38N8O5S/c1-13(2)20(23(36)31-18(24(37)38)8-5-9-29-25(27)28)33-22(35)19(32-21(34)16(26)12-39)10-14-11-30-17-7-4-3-6-15(14)17/h3-4,6-7,11,13,16,18-20,30,39H,5,8-10,12,26H2,1-2H3,(H,31,36)(H,32,34)(H,33,35)(H,37,38)(H4,27,28,29). The molecule has 13 nitrogen and oxygen atoms in total. The van der Waals surface area contributed by atoms with E-state index in [1.807, 2.05) is 24.3 Å². The van der Waals surface area contributed by atoms with E-state index in [1.54, 1.807) is 20.0 Å². The lowest BCUT2D eigenvalue weighted by molar-refractivity contribution is -0.142. The number of aromatic amines is 1. The molecule has 0 aliphatic heterocycles. The number of para-hydroxylation sites is 1. The molecule has 1 aromatic heterocycles. The normalized spacial score (nSPS) is 14.2. The highest BCUT2D eigenvalue weighted by Gasteiger charge is 2.32. The predicted octanol–water partition coefficient (Wildman–Crippen LogP) is -0.784. The van der Waals surface area contributed by atoms with Crippen molar-refractivity contribution < 1.29 is 24.3 Å². The average molecular weight is 563 g/mol. The summed E-state index contributed by atoms with van der Waals surface area (Å²) < 4.78 is 0. The zero-order valence-electron chi connectivity index (χ0n) is 22.0. The van der Waals surface area contributed by atoms with Gasteiger partial charge in [0.05, 0.1) is 6.04 Å². The third kappa shape index (κ3) is 9.48. The number of carbonyl (C=O) groups is 4. The molecule has 39 heavy (non-hydrogen) atoms. The van der Waals surface area contributed by atoms with Gasteiger partial charge in [-0.2, -0.15) is 12.6 Å². The molecule has 2 rings (SSSR count). The quantitative estimate of drug-likeness (QED) is 0.0577. The second kappa shape index (κ2) is 15.0. The Kier molecular flexibility index (Phi) is 12.1. The number of carboxylic acid groups (broad SMARTS) is 1. The van der Waals surface area contributed by atoms with Crippen LogP contribution < -0.4 is 33.2 Å². The molecule has 0 aliphatic carbocycles. The Morgan fingerprint density at radius 1 is 1.03 bits per heavy atom. The molecular weight excluding hydrogens is 524 g/mol. The summed E-state index contributed by atoms with van der Waals surface area (Å²) in [4.78, 5) is 57.8. The van der Waals surface area contributed by atoms with Gasteiger partial charge in [-0.3, -0.25) is 19.4 Å². The fourth-order valence-electron chi connectivity index (χ4n) is 3.90. The number of nitrogens with two attached hydrogens (primary N) is 3. The van der Waals surface area contributed by atoms with Gasteiger partial charge in [0.1, 0.15) is 18.1 Å². The number of thiol groups is 1. The molecule has 0 bridgehead atoms. The zero-order valence-corrected chi connectivity index (χ0v) is 22.9. The van der Waals surface area contributed by atoms with Gasteiger partial charge >= 0.3 is 5.97 Å². The van der Waals surface area contributed by atoms with E-state index < -0.39 is 53.8 Å². The van der Waals surface area contributed by atoms with E-state index in [2.05, 4.69) is 38.6 Å². The third-order valence-electron chi connectivity index (χ3n) is 6.07. The summed E-state index contributed by atoms with van der Waals surface area (Å²) in [5, 5.41) is 18.3. The van der Waals surface area contributed by atoms with E-state index in [0.29, 0.717) is 6.42 Å². The first kappa shape index (κ1) is 31.4. The van der Waals surface area contributed by atoms with Crippen LogP contribution in [0.3, 0.4) is 0 Å². The fourth-order valence-corrected chi connectivity index (χ4v) is 4.07. The van der Waals surface area contributed by atoms with Crippen molar-refractivity contribution in [2.45, 2.75) is 57.3 Å². The molecule has 0 fully saturated rings. The van der Waals surface area contributed by atoms with Crippen molar-refractivity contribution in [1.82, 2.24) is 20.9 Å². The number of nitrogens with one attached hydrogen (secondary N) is 4. The molecular formula is C25H38N8O5S. The Labute approximate surface area is 232 Å². The Hall–Kier alpha value is -3.78. The minimum absolute atomic E-state index is 0.0735. The number of carboxylic acids is 1. The summed E-state index contributed by atoms with van der Waals surface area (Å²) in [6.45, 7) is 3.63. The SMILES string of the molecule is CC(C)C(NC(=O)C(Cc1c[nH]c2ccccc12)NC(=O)C(N)CS)C(=O)NC(CCCN=C(N)N)C(=O)O. The number of fused-ring (bicyclic) bond motifs is 1. The molecule has 3 amide bonds. The molecule has 14 heteroatoms. The number of aliphatic imine (C=N–C) groups is 1. The number of hydrogen-bond acceptors (Lipinski definition) is 7. The number of hydrogen-bond donors (Lipinski definition) is 9. The number of aromatic nitrogens is 1. The lowest BCUT2D eigenvalue weighted by Crippen LogP contribution is -2.59. The maximum Gasteiger partial charge on any atom is 0.326 e. The van der Waals surface area contributed by atoms with Crippen molar-refractivity contribution in [3.8, 4) is 0 Å². The van der Waals surface area contributed by atoms with Gasteiger partial charge < -0.3 is 43.2 Å². The monoisotopic (exact) mass is 562 g/mol. The Bertz CT molecular complexity index is 1180. The number of nitrogens with zero attached hydrogens (tertiary/aromatic N) is 1. The minimum atomic E-state index is -1.23. The van der Waals surface area contributed by atoms with Gasteiger partial charge in [-0.05, 0) is 30.4 Å². The minimum Gasteiger partial charge on any atom is -0.480 e. The summed E-state index contributed by atoms with van der Waals surface area (Å²) in [7, 11) is 0.